The number of aliphatic hydroxyl groups excluding tert-OH is 1. The van der Waals surface area contributed by atoms with Gasteiger partial charge in [0.2, 0.25) is 0 Å². The Bertz CT molecular complexity index is 548. The van der Waals surface area contributed by atoms with Crippen LogP contribution < -0.4 is 4.74 Å². The fraction of sp³-hybridized carbons (Fsp3) is 0.200. The number of hydrogen-bond acceptors (Lipinski definition) is 2. The zero-order valence-electron chi connectivity index (χ0n) is 10.4. The first-order valence-corrected chi connectivity index (χ1v) is 6.67. The van der Waals surface area contributed by atoms with Gasteiger partial charge in [0.1, 0.15) is 12.4 Å². The summed E-state index contributed by atoms with van der Waals surface area (Å²) >= 11 is 12.1. The van der Waals surface area contributed by atoms with Crippen molar-refractivity contribution < 1.29 is 9.84 Å². The molecule has 0 spiro atoms. The Morgan fingerprint density at radius 2 is 1.74 bits per heavy atom. The molecule has 4 heteroatoms. The van der Waals surface area contributed by atoms with Gasteiger partial charge >= 0.3 is 0 Å². The molecule has 2 aromatic rings. The third-order valence-electron chi connectivity index (χ3n) is 2.79. The molecule has 0 bridgehead atoms. The highest BCUT2D eigenvalue weighted by Gasteiger charge is 2.07. The molecule has 0 unspecified atom stereocenters. The van der Waals surface area contributed by atoms with E-state index in [1.165, 1.54) is 0 Å². The molecule has 2 aromatic carbocycles. The highest BCUT2D eigenvalue weighted by molar-refractivity contribution is 6.35. The molecule has 2 rings (SSSR count). The molecular formula is C15H14Cl2O2. The van der Waals surface area contributed by atoms with Gasteiger partial charge < -0.3 is 9.84 Å². The van der Waals surface area contributed by atoms with Crippen LogP contribution in [0.2, 0.25) is 10.0 Å². The van der Waals surface area contributed by atoms with Crippen LogP contribution in [0.15, 0.2) is 42.5 Å². The van der Waals surface area contributed by atoms with Crippen molar-refractivity contribution in [3.8, 4) is 5.75 Å². The molecule has 0 fully saturated rings. The molecule has 1 N–H and O–H groups in total. The minimum Gasteiger partial charge on any atom is -0.489 e. The van der Waals surface area contributed by atoms with Crippen LogP contribution >= 0.6 is 23.2 Å². The van der Waals surface area contributed by atoms with Gasteiger partial charge in [0.15, 0.2) is 0 Å². The summed E-state index contributed by atoms with van der Waals surface area (Å²) in [5.41, 5.74) is 1.57. The van der Waals surface area contributed by atoms with Crippen molar-refractivity contribution >= 4 is 23.2 Å². The van der Waals surface area contributed by atoms with Crippen LogP contribution in [-0.2, 0) is 6.61 Å². The van der Waals surface area contributed by atoms with Crippen molar-refractivity contribution in [1.29, 1.82) is 0 Å². The standard InChI is InChI=1S/C15H14Cl2O2/c1-10(18)11-4-2-5-12(8-11)19-9-13-14(16)6-3-7-15(13)17/h2-8,10,18H,9H2,1H3/t10-/m0/s1. The summed E-state index contributed by atoms with van der Waals surface area (Å²) in [4.78, 5) is 0. The first kappa shape index (κ1) is 14.2. The van der Waals surface area contributed by atoms with E-state index < -0.39 is 6.10 Å². The number of aliphatic hydroxyl groups is 1. The van der Waals surface area contributed by atoms with Crippen molar-refractivity contribution in [2.75, 3.05) is 0 Å². The Labute approximate surface area is 122 Å². The molecule has 19 heavy (non-hydrogen) atoms. The Morgan fingerprint density at radius 1 is 1.11 bits per heavy atom. The molecule has 0 saturated carbocycles. The van der Waals surface area contributed by atoms with Crippen LogP contribution in [0.5, 0.6) is 5.75 Å². The van der Waals surface area contributed by atoms with Gasteiger partial charge in [0.05, 0.1) is 6.10 Å². The number of halogens is 2. The van der Waals surface area contributed by atoms with Gasteiger partial charge in [0, 0.05) is 15.6 Å². The quantitative estimate of drug-likeness (QED) is 0.891. The van der Waals surface area contributed by atoms with E-state index in [1.807, 2.05) is 18.2 Å². The molecule has 0 saturated heterocycles. The highest BCUT2D eigenvalue weighted by atomic mass is 35.5. The average molecular weight is 297 g/mol. The molecule has 0 aliphatic carbocycles. The van der Waals surface area contributed by atoms with Crippen LogP contribution in [0.1, 0.15) is 24.2 Å². The summed E-state index contributed by atoms with van der Waals surface area (Å²) in [5, 5.41) is 10.7. The van der Waals surface area contributed by atoms with Gasteiger partial charge in [0.25, 0.3) is 0 Å². The Kier molecular flexibility index (Phi) is 4.70. The van der Waals surface area contributed by atoms with Gasteiger partial charge in [-0.05, 0) is 36.8 Å². The number of ether oxygens (including phenoxy) is 1. The third kappa shape index (κ3) is 3.63. The minimum atomic E-state index is -0.521. The smallest absolute Gasteiger partial charge is 0.120 e. The summed E-state index contributed by atoms with van der Waals surface area (Å²) < 4.78 is 5.66. The zero-order valence-corrected chi connectivity index (χ0v) is 11.9. The molecule has 0 aromatic heterocycles. The first-order chi connectivity index (χ1) is 9.08. The van der Waals surface area contributed by atoms with Crippen molar-refractivity contribution in [3.63, 3.8) is 0 Å². The summed E-state index contributed by atoms with van der Waals surface area (Å²) in [6.07, 6.45) is -0.521. The lowest BCUT2D eigenvalue weighted by Crippen LogP contribution is -1.98. The van der Waals surface area contributed by atoms with E-state index in [0.717, 1.165) is 11.1 Å². The monoisotopic (exact) mass is 296 g/mol. The van der Waals surface area contributed by atoms with E-state index in [0.29, 0.717) is 22.4 Å². The van der Waals surface area contributed by atoms with E-state index in [4.69, 9.17) is 27.9 Å². The second-order valence-electron chi connectivity index (χ2n) is 4.24. The topological polar surface area (TPSA) is 29.5 Å². The van der Waals surface area contributed by atoms with E-state index in [-0.39, 0.29) is 0 Å². The fourth-order valence-electron chi connectivity index (χ4n) is 1.69. The lowest BCUT2D eigenvalue weighted by molar-refractivity contribution is 0.198. The van der Waals surface area contributed by atoms with E-state index in [1.54, 1.807) is 31.2 Å². The fourth-order valence-corrected chi connectivity index (χ4v) is 2.20. The molecule has 100 valence electrons. The van der Waals surface area contributed by atoms with E-state index in [2.05, 4.69) is 0 Å². The molecule has 1 atom stereocenters. The molecule has 0 radical (unpaired) electrons. The minimum absolute atomic E-state index is 0.293. The summed E-state index contributed by atoms with van der Waals surface area (Å²) in [6, 6.07) is 12.7. The molecule has 0 aliphatic rings. The van der Waals surface area contributed by atoms with Crippen LogP contribution in [0, 0.1) is 0 Å². The molecule has 0 heterocycles. The number of benzene rings is 2. The lowest BCUT2D eigenvalue weighted by atomic mass is 10.1. The van der Waals surface area contributed by atoms with Crippen LogP contribution in [0.25, 0.3) is 0 Å². The van der Waals surface area contributed by atoms with Crippen molar-refractivity contribution in [2.24, 2.45) is 0 Å². The second-order valence-corrected chi connectivity index (χ2v) is 5.05. The normalized spacial score (nSPS) is 12.2. The van der Waals surface area contributed by atoms with Gasteiger partial charge in [-0.15, -0.1) is 0 Å². The Morgan fingerprint density at radius 3 is 2.37 bits per heavy atom. The third-order valence-corrected chi connectivity index (χ3v) is 3.49. The van der Waals surface area contributed by atoms with Crippen molar-refractivity contribution in [2.45, 2.75) is 19.6 Å². The summed E-state index contributed by atoms with van der Waals surface area (Å²) in [7, 11) is 0. The van der Waals surface area contributed by atoms with E-state index in [9.17, 15) is 5.11 Å². The largest absolute Gasteiger partial charge is 0.489 e. The molecule has 0 aliphatic heterocycles. The molecule has 0 amide bonds. The second kappa shape index (κ2) is 6.29. The summed E-state index contributed by atoms with van der Waals surface area (Å²) in [5.74, 6) is 0.675. The van der Waals surface area contributed by atoms with Gasteiger partial charge in [-0.1, -0.05) is 41.4 Å². The van der Waals surface area contributed by atoms with Crippen LogP contribution in [0.4, 0.5) is 0 Å². The van der Waals surface area contributed by atoms with Crippen molar-refractivity contribution in [1.82, 2.24) is 0 Å². The predicted molar refractivity (Wildman–Crippen MR) is 77.9 cm³/mol. The van der Waals surface area contributed by atoms with Gasteiger partial charge in [-0.25, -0.2) is 0 Å². The highest BCUT2D eigenvalue weighted by Crippen LogP contribution is 2.26. The zero-order chi connectivity index (χ0) is 13.8. The van der Waals surface area contributed by atoms with Gasteiger partial charge in [-0.2, -0.15) is 0 Å². The number of rotatable bonds is 4. The van der Waals surface area contributed by atoms with Crippen LogP contribution in [0.3, 0.4) is 0 Å². The maximum atomic E-state index is 9.52. The maximum absolute atomic E-state index is 9.52. The van der Waals surface area contributed by atoms with Crippen molar-refractivity contribution in [3.05, 3.63) is 63.6 Å². The Hall–Kier alpha value is -1.22. The SMILES string of the molecule is C[C@H](O)c1cccc(OCc2c(Cl)cccc2Cl)c1. The first-order valence-electron chi connectivity index (χ1n) is 5.91. The Balaban J connectivity index is 2.12. The summed E-state index contributed by atoms with van der Waals surface area (Å²) in [6.45, 7) is 2.01. The lowest BCUT2D eigenvalue weighted by Gasteiger charge is -2.11. The van der Waals surface area contributed by atoms with Crippen LogP contribution in [-0.4, -0.2) is 5.11 Å². The van der Waals surface area contributed by atoms with Gasteiger partial charge in [-0.3, -0.25) is 0 Å². The predicted octanol–water partition coefficient (Wildman–Crippen LogP) is 4.63. The molecular weight excluding hydrogens is 283 g/mol. The average Bonchev–Trinajstić information content (AvgIpc) is 2.38. The molecule has 2 nitrogen and oxygen atoms in total. The number of hydrogen-bond donors (Lipinski definition) is 1. The van der Waals surface area contributed by atoms with E-state index >= 15 is 0 Å². The maximum Gasteiger partial charge on any atom is 0.120 e.